The van der Waals surface area contributed by atoms with E-state index in [0.717, 1.165) is 37.8 Å². The van der Waals surface area contributed by atoms with Crippen LogP contribution in [-0.4, -0.2) is 59.5 Å². The van der Waals surface area contributed by atoms with Gasteiger partial charge in [0.1, 0.15) is 12.4 Å². The van der Waals surface area contributed by atoms with Crippen molar-refractivity contribution in [2.75, 3.05) is 36.4 Å². The fourth-order valence-corrected chi connectivity index (χ4v) is 5.20. The van der Waals surface area contributed by atoms with E-state index < -0.39 is 14.9 Å². The first-order chi connectivity index (χ1) is 15.3. The van der Waals surface area contributed by atoms with Crippen LogP contribution < -0.4 is 10.2 Å². The van der Waals surface area contributed by atoms with Crippen molar-refractivity contribution in [1.29, 1.82) is 0 Å². The molecule has 1 aliphatic heterocycles. The van der Waals surface area contributed by atoms with Crippen LogP contribution in [0, 0.1) is 10.1 Å². The highest BCUT2D eigenvalue weighted by Gasteiger charge is 2.25. The third-order valence-corrected chi connectivity index (χ3v) is 7.48. The van der Waals surface area contributed by atoms with Crippen LogP contribution in [0.25, 0.3) is 0 Å². The number of hydrogen-bond acceptors (Lipinski definition) is 7. The van der Waals surface area contributed by atoms with Crippen LogP contribution in [0.1, 0.15) is 33.1 Å². The summed E-state index contributed by atoms with van der Waals surface area (Å²) in [6, 6.07) is 4.84. The number of nitro groups is 1. The van der Waals surface area contributed by atoms with Gasteiger partial charge in [-0.1, -0.05) is 13.8 Å². The van der Waals surface area contributed by atoms with Crippen molar-refractivity contribution in [2.24, 2.45) is 0 Å². The Morgan fingerprint density at radius 2 is 1.94 bits per heavy atom. The van der Waals surface area contributed by atoms with E-state index in [2.05, 4.69) is 15.3 Å². The van der Waals surface area contributed by atoms with Crippen molar-refractivity contribution in [3.8, 4) is 0 Å². The normalized spacial score (nSPS) is 14.2. The van der Waals surface area contributed by atoms with Crippen LogP contribution >= 0.6 is 0 Å². The Morgan fingerprint density at radius 1 is 1.25 bits per heavy atom. The standard InChI is InChI=1S/C20H28N6O5S/c1-3-25(4-2)32(30,31)17-7-8-19(23-10-5-6-11-23)18(13-17)22-20(27)9-12-24-15-16(14-21-24)26(28)29/h7-8,13-15H,3-6,9-12H2,1-2H3,(H,22,27). The summed E-state index contributed by atoms with van der Waals surface area (Å²) in [6.45, 7) is 6.10. The summed E-state index contributed by atoms with van der Waals surface area (Å²) in [5, 5.41) is 17.5. The lowest BCUT2D eigenvalue weighted by atomic mass is 10.2. The van der Waals surface area contributed by atoms with Crippen molar-refractivity contribution in [3.63, 3.8) is 0 Å². The van der Waals surface area contributed by atoms with Gasteiger partial charge in [-0.05, 0) is 31.0 Å². The van der Waals surface area contributed by atoms with Crippen molar-refractivity contribution < 1.29 is 18.1 Å². The van der Waals surface area contributed by atoms with Gasteiger partial charge in [0.25, 0.3) is 0 Å². The predicted molar refractivity (Wildman–Crippen MR) is 120 cm³/mol. The second kappa shape index (κ2) is 10.1. The maximum atomic E-state index is 13.0. The Bertz CT molecular complexity index is 1070. The second-order valence-electron chi connectivity index (χ2n) is 7.48. The highest BCUT2D eigenvalue weighted by atomic mass is 32.2. The van der Waals surface area contributed by atoms with Crippen molar-refractivity contribution in [3.05, 3.63) is 40.7 Å². The molecule has 1 saturated heterocycles. The van der Waals surface area contributed by atoms with Gasteiger partial charge in [0.15, 0.2) is 0 Å². The minimum Gasteiger partial charge on any atom is -0.370 e. The molecule has 1 aliphatic rings. The van der Waals surface area contributed by atoms with Crippen molar-refractivity contribution >= 4 is 33.0 Å². The number of carbonyl (C=O) groups excluding carboxylic acids is 1. The maximum Gasteiger partial charge on any atom is 0.306 e. The van der Waals surface area contributed by atoms with Crippen molar-refractivity contribution in [2.45, 2.75) is 44.6 Å². The van der Waals surface area contributed by atoms with Gasteiger partial charge >= 0.3 is 5.69 Å². The van der Waals surface area contributed by atoms with Gasteiger partial charge in [-0.3, -0.25) is 19.6 Å². The number of carbonyl (C=O) groups is 1. The van der Waals surface area contributed by atoms with Crippen LogP contribution in [-0.2, 0) is 21.4 Å². The largest absolute Gasteiger partial charge is 0.370 e. The average Bonchev–Trinajstić information content (AvgIpc) is 3.45. The van der Waals surface area contributed by atoms with Gasteiger partial charge in [0.05, 0.1) is 21.2 Å². The van der Waals surface area contributed by atoms with E-state index in [9.17, 15) is 23.3 Å². The summed E-state index contributed by atoms with van der Waals surface area (Å²) in [5.74, 6) is -0.332. The molecule has 1 amide bonds. The monoisotopic (exact) mass is 464 g/mol. The van der Waals surface area contributed by atoms with Gasteiger partial charge in [-0.15, -0.1) is 0 Å². The van der Waals surface area contributed by atoms with E-state index in [4.69, 9.17) is 0 Å². The molecule has 0 atom stereocenters. The molecule has 11 nitrogen and oxygen atoms in total. The van der Waals surface area contributed by atoms with Crippen LogP contribution in [0.15, 0.2) is 35.5 Å². The molecule has 0 aliphatic carbocycles. The lowest BCUT2D eigenvalue weighted by Crippen LogP contribution is -2.31. The summed E-state index contributed by atoms with van der Waals surface area (Å²) in [7, 11) is -3.67. The molecular weight excluding hydrogens is 436 g/mol. The minimum absolute atomic E-state index is 0.0330. The molecular formula is C20H28N6O5S. The smallest absolute Gasteiger partial charge is 0.306 e. The summed E-state index contributed by atoms with van der Waals surface area (Å²) >= 11 is 0. The summed E-state index contributed by atoms with van der Waals surface area (Å²) in [4.78, 5) is 25.1. The number of nitrogens with zero attached hydrogens (tertiary/aromatic N) is 5. The molecule has 1 aromatic heterocycles. The molecule has 1 N–H and O–H groups in total. The molecule has 0 saturated carbocycles. The molecule has 3 rings (SSSR count). The quantitative estimate of drug-likeness (QED) is 0.422. The number of nitrogens with one attached hydrogen (secondary N) is 1. The Hall–Kier alpha value is -2.99. The first kappa shape index (κ1) is 23.7. The zero-order valence-corrected chi connectivity index (χ0v) is 19.0. The van der Waals surface area contributed by atoms with Gasteiger partial charge < -0.3 is 10.2 Å². The number of sulfonamides is 1. The molecule has 1 fully saturated rings. The topological polar surface area (TPSA) is 131 Å². The zero-order valence-electron chi connectivity index (χ0n) is 18.2. The second-order valence-corrected chi connectivity index (χ2v) is 9.42. The first-order valence-electron chi connectivity index (χ1n) is 10.6. The summed E-state index contributed by atoms with van der Waals surface area (Å²) < 4.78 is 28.6. The molecule has 0 radical (unpaired) electrons. The number of rotatable bonds is 10. The lowest BCUT2D eigenvalue weighted by molar-refractivity contribution is -0.385. The van der Waals surface area contributed by atoms with E-state index >= 15 is 0 Å². The fraction of sp³-hybridized carbons (Fsp3) is 0.500. The third kappa shape index (κ3) is 5.25. The van der Waals surface area contributed by atoms with Gasteiger partial charge in [0.2, 0.25) is 15.9 Å². The number of anilines is 2. The first-order valence-corrected chi connectivity index (χ1v) is 12.1. The van der Waals surface area contributed by atoms with Crippen LogP contribution in [0.4, 0.5) is 17.1 Å². The fourth-order valence-electron chi connectivity index (χ4n) is 3.72. The SMILES string of the molecule is CCN(CC)S(=O)(=O)c1ccc(N2CCCC2)c(NC(=O)CCn2cc([N+](=O)[O-])cn2)c1. The van der Waals surface area contributed by atoms with E-state index in [1.54, 1.807) is 26.0 Å². The molecule has 2 aromatic rings. The minimum atomic E-state index is -3.67. The molecule has 2 heterocycles. The zero-order chi connectivity index (χ0) is 23.3. The van der Waals surface area contributed by atoms with Gasteiger partial charge in [0, 0.05) is 39.1 Å². The van der Waals surface area contributed by atoms with E-state index in [1.807, 2.05) is 0 Å². The highest BCUT2D eigenvalue weighted by molar-refractivity contribution is 7.89. The molecule has 0 unspecified atom stereocenters. The molecule has 12 heteroatoms. The number of aromatic nitrogens is 2. The maximum absolute atomic E-state index is 13.0. The molecule has 0 bridgehead atoms. The van der Waals surface area contributed by atoms with Crippen LogP contribution in [0.2, 0.25) is 0 Å². The van der Waals surface area contributed by atoms with Crippen molar-refractivity contribution in [1.82, 2.24) is 14.1 Å². The van der Waals surface area contributed by atoms with E-state index in [-0.39, 0.29) is 29.5 Å². The number of hydrogen-bond donors (Lipinski definition) is 1. The Labute approximate surface area is 187 Å². The Kier molecular flexibility index (Phi) is 7.46. The Morgan fingerprint density at radius 3 is 2.53 bits per heavy atom. The number of amides is 1. The summed E-state index contributed by atoms with van der Waals surface area (Å²) in [6.07, 6.45) is 4.49. The number of benzene rings is 1. The average molecular weight is 465 g/mol. The van der Waals surface area contributed by atoms with E-state index in [0.29, 0.717) is 18.8 Å². The molecule has 32 heavy (non-hydrogen) atoms. The van der Waals surface area contributed by atoms with Gasteiger partial charge in [-0.25, -0.2) is 8.42 Å². The van der Waals surface area contributed by atoms with Gasteiger partial charge in [-0.2, -0.15) is 9.40 Å². The molecule has 0 spiro atoms. The Balaban J connectivity index is 1.81. The highest BCUT2D eigenvalue weighted by Crippen LogP contribution is 2.32. The van der Waals surface area contributed by atoms with Crippen LogP contribution in [0.5, 0.6) is 0 Å². The van der Waals surface area contributed by atoms with E-state index in [1.165, 1.54) is 21.3 Å². The number of aryl methyl sites for hydroxylation is 1. The molecule has 174 valence electrons. The predicted octanol–water partition coefficient (Wildman–Crippen LogP) is 2.45. The summed E-state index contributed by atoms with van der Waals surface area (Å²) in [5.41, 5.74) is 1.08. The lowest BCUT2D eigenvalue weighted by Gasteiger charge is -2.24. The third-order valence-electron chi connectivity index (χ3n) is 5.43. The molecule has 1 aromatic carbocycles. The van der Waals surface area contributed by atoms with Crippen LogP contribution in [0.3, 0.4) is 0 Å².